The monoisotopic (exact) mass is 432 g/mol. The van der Waals surface area contributed by atoms with Crippen LogP contribution in [0.4, 0.5) is 11.4 Å². The Morgan fingerprint density at radius 3 is 2.66 bits per heavy atom. The Labute approximate surface area is 177 Å². The molecule has 0 aliphatic carbocycles. The van der Waals surface area contributed by atoms with E-state index in [1.54, 1.807) is 48.5 Å². The molecule has 0 atom stereocenters. The number of rotatable bonds is 7. The molecule has 9 heteroatoms. The van der Waals surface area contributed by atoms with E-state index in [0.29, 0.717) is 41.0 Å². The van der Waals surface area contributed by atoms with Crippen LogP contribution in [0.5, 0.6) is 5.75 Å². The van der Waals surface area contributed by atoms with Gasteiger partial charge in [-0.25, -0.2) is 0 Å². The second-order valence-electron chi connectivity index (χ2n) is 6.05. The molecule has 0 saturated carbocycles. The van der Waals surface area contributed by atoms with Crippen molar-refractivity contribution in [2.45, 2.75) is 6.92 Å². The van der Waals surface area contributed by atoms with Crippen molar-refractivity contribution in [1.82, 2.24) is 9.78 Å². The van der Waals surface area contributed by atoms with Crippen LogP contribution in [0.25, 0.3) is 5.69 Å². The smallest absolute Gasteiger partial charge is 0.292 e. The van der Waals surface area contributed by atoms with Crippen molar-refractivity contribution in [2.24, 2.45) is 0 Å². The molecule has 0 unspecified atom stereocenters. The third-order valence-electron chi connectivity index (χ3n) is 3.83. The van der Waals surface area contributed by atoms with Gasteiger partial charge in [0.15, 0.2) is 0 Å². The van der Waals surface area contributed by atoms with Crippen LogP contribution < -0.4 is 20.9 Å². The van der Waals surface area contributed by atoms with Gasteiger partial charge in [-0.15, -0.1) is 0 Å². The average Bonchev–Trinajstić information content (AvgIpc) is 2.69. The Balaban J connectivity index is 1.60. The normalized spacial score (nSPS) is 10.4. The summed E-state index contributed by atoms with van der Waals surface area (Å²) in [4.78, 5) is 23.6. The Kier molecular flexibility index (Phi) is 6.74. The van der Waals surface area contributed by atoms with Crippen molar-refractivity contribution < 1.29 is 9.53 Å². The van der Waals surface area contributed by atoms with Gasteiger partial charge in [0.25, 0.3) is 5.56 Å². The number of benzene rings is 2. The molecule has 3 aromatic rings. The fraction of sp³-hybridized carbons (Fsp3) is 0.150. The number of hydrogen-bond donors (Lipinski definition) is 2. The van der Waals surface area contributed by atoms with Gasteiger partial charge in [0, 0.05) is 30.2 Å². The first kappa shape index (κ1) is 20.7. The zero-order chi connectivity index (χ0) is 20.8. The summed E-state index contributed by atoms with van der Waals surface area (Å²) in [5.74, 6) is 0.458. The van der Waals surface area contributed by atoms with Gasteiger partial charge in [0.2, 0.25) is 5.91 Å². The number of aromatic nitrogens is 2. The minimum Gasteiger partial charge on any atom is -0.492 e. The maximum atomic E-state index is 12.5. The fourth-order valence-corrected chi connectivity index (χ4v) is 2.87. The molecule has 150 valence electrons. The van der Waals surface area contributed by atoms with Crippen LogP contribution in [-0.2, 0) is 4.79 Å². The first-order chi connectivity index (χ1) is 13.9. The topological polar surface area (TPSA) is 85.2 Å². The Bertz CT molecular complexity index is 1070. The number of halogens is 2. The van der Waals surface area contributed by atoms with Crippen molar-refractivity contribution in [2.75, 3.05) is 23.8 Å². The molecule has 1 heterocycles. The molecule has 0 radical (unpaired) electrons. The molecule has 7 nitrogen and oxygen atoms in total. The lowest BCUT2D eigenvalue weighted by molar-refractivity contribution is -0.114. The Morgan fingerprint density at radius 2 is 1.93 bits per heavy atom. The summed E-state index contributed by atoms with van der Waals surface area (Å²) in [5.41, 5.74) is 1.19. The van der Waals surface area contributed by atoms with Crippen molar-refractivity contribution in [3.8, 4) is 11.4 Å². The first-order valence-electron chi connectivity index (χ1n) is 8.72. The van der Waals surface area contributed by atoms with Gasteiger partial charge in [-0.2, -0.15) is 9.78 Å². The van der Waals surface area contributed by atoms with E-state index >= 15 is 0 Å². The molecule has 2 aromatic carbocycles. The van der Waals surface area contributed by atoms with Crippen LogP contribution in [0.1, 0.15) is 6.92 Å². The van der Waals surface area contributed by atoms with E-state index in [0.717, 1.165) is 0 Å². The minimum atomic E-state index is -0.442. The average molecular weight is 433 g/mol. The highest BCUT2D eigenvalue weighted by molar-refractivity contribution is 6.33. The molecule has 2 N–H and O–H groups in total. The summed E-state index contributed by atoms with van der Waals surface area (Å²) in [7, 11) is 0. The number of nitrogens with one attached hydrogen (secondary N) is 2. The zero-order valence-electron chi connectivity index (χ0n) is 15.5. The molecular formula is C20H18Cl2N4O3. The third kappa shape index (κ3) is 5.49. The van der Waals surface area contributed by atoms with Gasteiger partial charge >= 0.3 is 0 Å². The maximum absolute atomic E-state index is 12.5. The number of ether oxygens (including phenoxy) is 1. The highest BCUT2D eigenvalue weighted by Gasteiger charge is 2.10. The second kappa shape index (κ2) is 9.45. The third-order valence-corrected chi connectivity index (χ3v) is 4.45. The number of anilines is 2. The van der Waals surface area contributed by atoms with Crippen molar-refractivity contribution in [1.29, 1.82) is 0 Å². The van der Waals surface area contributed by atoms with E-state index in [1.165, 1.54) is 17.8 Å². The lowest BCUT2D eigenvalue weighted by atomic mass is 10.3. The molecule has 0 spiro atoms. The summed E-state index contributed by atoms with van der Waals surface area (Å²) in [6, 6.07) is 13.8. The van der Waals surface area contributed by atoms with Crippen LogP contribution in [0, 0.1) is 0 Å². The fourth-order valence-electron chi connectivity index (χ4n) is 2.54. The molecule has 1 aromatic heterocycles. The van der Waals surface area contributed by atoms with Crippen LogP contribution in [0.2, 0.25) is 10.0 Å². The van der Waals surface area contributed by atoms with Gasteiger partial charge in [0.05, 0.1) is 17.6 Å². The molecule has 29 heavy (non-hydrogen) atoms. The molecular weight excluding hydrogens is 415 g/mol. The number of carbonyl (C=O) groups excluding carboxylic acids is 1. The molecule has 3 rings (SSSR count). The molecule has 0 saturated heterocycles. The predicted octanol–water partition coefficient (Wildman–Crippen LogP) is 3.99. The standard InChI is InChI=1S/C20H18Cl2N4O3/c1-13(27)25-15-3-2-4-17(11-15)29-10-9-23-18-12-24-26(20(28)19(18)22)16-7-5-14(21)6-8-16/h2-8,11-12,23H,9-10H2,1H3,(H,25,27). The minimum absolute atomic E-state index is 0.0302. The lowest BCUT2D eigenvalue weighted by Crippen LogP contribution is -2.23. The van der Waals surface area contributed by atoms with E-state index in [9.17, 15) is 9.59 Å². The van der Waals surface area contributed by atoms with Crippen LogP contribution in [0.15, 0.2) is 59.5 Å². The van der Waals surface area contributed by atoms with Crippen molar-refractivity contribution >= 4 is 40.5 Å². The van der Waals surface area contributed by atoms with Crippen molar-refractivity contribution in [3.63, 3.8) is 0 Å². The molecule has 0 fully saturated rings. The van der Waals surface area contributed by atoms with E-state index < -0.39 is 5.56 Å². The first-order valence-corrected chi connectivity index (χ1v) is 9.48. The van der Waals surface area contributed by atoms with Crippen LogP contribution in [-0.4, -0.2) is 28.8 Å². The van der Waals surface area contributed by atoms with E-state index in [1.807, 2.05) is 0 Å². The van der Waals surface area contributed by atoms with Crippen LogP contribution in [0.3, 0.4) is 0 Å². The van der Waals surface area contributed by atoms with Gasteiger partial charge in [-0.1, -0.05) is 29.3 Å². The summed E-state index contributed by atoms with van der Waals surface area (Å²) in [5, 5.41) is 10.5. The number of amides is 1. The van der Waals surface area contributed by atoms with Crippen LogP contribution >= 0.6 is 23.2 Å². The Morgan fingerprint density at radius 1 is 1.17 bits per heavy atom. The summed E-state index contributed by atoms with van der Waals surface area (Å²) in [6.07, 6.45) is 1.48. The molecule has 1 amide bonds. The number of nitrogens with zero attached hydrogens (tertiary/aromatic N) is 2. The van der Waals surface area contributed by atoms with Gasteiger partial charge < -0.3 is 15.4 Å². The second-order valence-corrected chi connectivity index (χ2v) is 6.86. The molecule has 0 aliphatic heterocycles. The quantitative estimate of drug-likeness (QED) is 0.551. The van der Waals surface area contributed by atoms with Gasteiger partial charge in [-0.3, -0.25) is 9.59 Å². The zero-order valence-corrected chi connectivity index (χ0v) is 17.0. The highest BCUT2D eigenvalue weighted by atomic mass is 35.5. The van der Waals surface area contributed by atoms with E-state index in [-0.39, 0.29) is 10.9 Å². The summed E-state index contributed by atoms with van der Waals surface area (Å²) >= 11 is 12.1. The SMILES string of the molecule is CC(=O)Nc1cccc(OCCNc2cnn(-c3ccc(Cl)cc3)c(=O)c2Cl)c1. The van der Waals surface area contributed by atoms with E-state index in [4.69, 9.17) is 27.9 Å². The maximum Gasteiger partial charge on any atom is 0.292 e. The molecule has 0 bridgehead atoms. The lowest BCUT2D eigenvalue weighted by Gasteiger charge is -2.12. The molecule has 0 aliphatic rings. The summed E-state index contributed by atoms with van der Waals surface area (Å²) in [6.45, 7) is 2.16. The van der Waals surface area contributed by atoms with Crippen molar-refractivity contribution in [3.05, 3.63) is 75.1 Å². The highest BCUT2D eigenvalue weighted by Crippen LogP contribution is 2.19. The van der Waals surface area contributed by atoms with Gasteiger partial charge in [-0.05, 0) is 36.4 Å². The van der Waals surface area contributed by atoms with E-state index in [2.05, 4.69) is 15.7 Å². The summed E-state index contributed by atoms with van der Waals surface area (Å²) < 4.78 is 6.85. The number of carbonyl (C=O) groups is 1. The number of hydrogen-bond acceptors (Lipinski definition) is 5. The Hall–Kier alpha value is -3.03. The largest absolute Gasteiger partial charge is 0.492 e. The van der Waals surface area contributed by atoms with Gasteiger partial charge in [0.1, 0.15) is 17.4 Å². The predicted molar refractivity (Wildman–Crippen MR) is 115 cm³/mol.